The number of rotatable bonds is 3. The molecule has 1 N–H and O–H groups in total. The number of nitrogens with zero attached hydrogens (tertiary/aromatic N) is 1. The normalized spacial score (nSPS) is 19.2. The van der Waals surface area contributed by atoms with E-state index in [9.17, 15) is 13.7 Å². The topological polar surface area (TPSA) is 70.0 Å². The van der Waals surface area contributed by atoms with E-state index in [2.05, 4.69) is 10.8 Å². The minimum Gasteiger partial charge on any atom is -0.207 e. The van der Waals surface area contributed by atoms with E-state index in [1.54, 1.807) is 18.2 Å². The van der Waals surface area contributed by atoms with Crippen molar-refractivity contribution >= 4 is 10.0 Å². The lowest BCUT2D eigenvalue weighted by atomic mass is 9.86. The fraction of sp³-hybridized carbons (Fsp3) is 0.562. The minimum atomic E-state index is -3.65. The zero-order valence-corrected chi connectivity index (χ0v) is 13.2. The summed E-state index contributed by atoms with van der Waals surface area (Å²) in [4.78, 5) is 0.235. The van der Waals surface area contributed by atoms with Crippen molar-refractivity contribution in [3.05, 3.63) is 29.8 Å². The van der Waals surface area contributed by atoms with E-state index in [0.717, 1.165) is 31.2 Å². The molecule has 0 aliphatic heterocycles. The fourth-order valence-corrected chi connectivity index (χ4v) is 4.32. The first-order chi connectivity index (χ1) is 9.97. The van der Waals surface area contributed by atoms with Gasteiger partial charge in [0.05, 0.1) is 11.0 Å². The molecule has 2 rings (SSSR count). The molecule has 0 radical (unpaired) electrons. The third-order valence-electron chi connectivity index (χ3n) is 4.05. The molecule has 0 saturated heterocycles. The van der Waals surface area contributed by atoms with Gasteiger partial charge in [0.2, 0.25) is 10.0 Å². The summed E-state index contributed by atoms with van der Waals surface area (Å²) in [7, 11) is -3.65. The van der Waals surface area contributed by atoms with Gasteiger partial charge in [-0.15, -0.1) is 0 Å². The number of nitriles is 1. The number of hydrogen-bond acceptors (Lipinski definition) is 3. The summed E-state index contributed by atoms with van der Waals surface area (Å²) in [5.74, 6) is 0. The molecule has 1 aliphatic rings. The van der Waals surface area contributed by atoms with Crippen molar-refractivity contribution in [1.82, 2.24) is 4.72 Å². The highest BCUT2D eigenvalue weighted by Crippen LogP contribution is 2.27. The number of nitrogens with one attached hydrogen (secondary N) is 1. The predicted octanol–water partition coefficient (Wildman–Crippen LogP) is 3.28. The number of aryl methyl sites for hydroxylation is 1. The Morgan fingerprint density at radius 2 is 1.76 bits per heavy atom. The van der Waals surface area contributed by atoms with E-state index in [4.69, 9.17) is 0 Å². The van der Waals surface area contributed by atoms with Crippen molar-refractivity contribution in [1.29, 1.82) is 5.26 Å². The Labute approximate surface area is 127 Å². The highest BCUT2D eigenvalue weighted by molar-refractivity contribution is 7.89. The summed E-state index contributed by atoms with van der Waals surface area (Å²) >= 11 is 0. The molecule has 4 nitrogen and oxygen atoms in total. The molecule has 0 spiro atoms. The van der Waals surface area contributed by atoms with Crippen molar-refractivity contribution < 1.29 is 8.42 Å². The Balaban J connectivity index is 2.26. The monoisotopic (exact) mass is 306 g/mol. The largest absolute Gasteiger partial charge is 0.241 e. The SMILES string of the molecule is Cc1cccc(S(=O)(=O)NC2(C#N)CCCCCCC2)c1. The fourth-order valence-electron chi connectivity index (χ4n) is 2.84. The van der Waals surface area contributed by atoms with E-state index in [-0.39, 0.29) is 4.90 Å². The van der Waals surface area contributed by atoms with Crippen molar-refractivity contribution in [2.45, 2.75) is 62.3 Å². The van der Waals surface area contributed by atoms with Gasteiger partial charge >= 0.3 is 0 Å². The molecule has 1 saturated carbocycles. The van der Waals surface area contributed by atoms with E-state index < -0.39 is 15.6 Å². The Kier molecular flexibility index (Phi) is 5.02. The Morgan fingerprint density at radius 1 is 1.14 bits per heavy atom. The molecule has 0 amide bonds. The van der Waals surface area contributed by atoms with E-state index in [1.165, 1.54) is 6.42 Å². The third-order valence-corrected chi connectivity index (χ3v) is 5.58. The highest BCUT2D eigenvalue weighted by atomic mass is 32.2. The summed E-state index contributed by atoms with van der Waals surface area (Å²) in [5, 5.41) is 9.55. The van der Waals surface area contributed by atoms with Crippen LogP contribution in [0.25, 0.3) is 0 Å². The standard InChI is InChI=1S/C16H22N2O2S/c1-14-8-7-9-15(12-14)21(19,20)18-16(13-17)10-5-3-2-4-6-11-16/h7-9,12,18H,2-6,10-11H2,1H3. The molecule has 21 heavy (non-hydrogen) atoms. The van der Waals surface area contributed by atoms with Crippen LogP contribution in [0.2, 0.25) is 0 Å². The average Bonchev–Trinajstić information content (AvgIpc) is 2.42. The first kappa shape index (κ1) is 16.0. The molecule has 1 aliphatic carbocycles. The van der Waals surface area contributed by atoms with Gasteiger partial charge in [0.15, 0.2) is 0 Å². The zero-order chi connectivity index (χ0) is 15.3. The maximum absolute atomic E-state index is 12.6. The van der Waals surface area contributed by atoms with Crippen LogP contribution in [0.3, 0.4) is 0 Å². The van der Waals surface area contributed by atoms with Crippen LogP contribution in [0.4, 0.5) is 0 Å². The quantitative estimate of drug-likeness (QED) is 0.931. The molecule has 0 heterocycles. The Hall–Kier alpha value is -1.38. The lowest BCUT2D eigenvalue weighted by Gasteiger charge is -2.29. The van der Waals surface area contributed by atoms with Crippen LogP contribution in [0.1, 0.15) is 50.5 Å². The van der Waals surface area contributed by atoms with Crippen molar-refractivity contribution in [3.8, 4) is 6.07 Å². The van der Waals surface area contributed by atoms with Crippen LogP contribution in [-0.4, -0.2) is 14.0 Å². The van der Waals surface area contributed by atoms with Gasteiger partial charge in [-0.25, -0.2) is 8.42 Å². The van der Waals surface area contributed by atoms with Crippen molar-refractivity contribution in [3.63, 3.8) is 0 Å². The second kappa shape index (κ2) is 6.59. The summed E-state index contributed by atoms with van der Waals surface area (Å²) in [6.07, 6.45) is 6.27. The van der Waals surface area contributed by atoms with Crippen LogP contribution in [-0.2, 0) is 10.0 Å². The Morgan fingerprint density at radius 3 is 2.33 bits per heavy atom. The molecule has 0 bridgehead atoms. The molecule has 5 heteroatoms. The Bertz CT molecular complexity index is 624. The smallest absolute Gasteiger partial charge is 0.207 e. The molecule has 0 aromatic heterocycles. The summed E-state index contributed by atoms with van der Waals surface area (Å²) in [6, 6.07) is 9.02. The zero-order valence-electron chi connectivity index (χ0n) is 12.4. The summed E-state index contributed by atoms with van der Waals surface area (Å²) in [6.45, 7) is 1.86. The maximum Gasteiger partial charge on any atom is 0.241 e. The van der Waals surface area contributed by atoms with E-state index >= 15 is 0 Å². The van der Waals surface area contributed by atoms with Gasteiger partial charge in [-0.3, -0.25) is 0 Å². The van der Waals surface area contributed by atoms with Crippen LogP contribution in [0, 0.1) is 18.3 Å². The van der Waals surface area contributed by atoms with Crippen LogP contribution < -0.4 is 4.72 Å². The van der Waals surface area contributed by atoms with Gasteiger partial charge in [-0.05, 0) is 37.5 Å². The molecule has 0 atom stereocenters. The summed E-state index contributed by atoms with van der Waals surface area (Å²) < 4.78 is 27.8. The van der Waals surface area contributed by atoms with Crippen LogP contribution in [0.5, 0.6) is 0 Å². The minimum absolute atomic E-state index is 0.235. The number of sulfonamides is 1. The molecule has 1 aromatic rings. The predicted molar refractivity (Wildman–Crippen MR) is 82.2 cm³/mol. The average molecular weight is 306 g/mol. The highest BCUT2D eigenvalue weighted by Gasteiger charge is 2.35. The van der Waals surface area contributed by atoms with Gasteiger partial charge < -0.3 is 0 Å². The number of hydrogen-bond donors (Lipinski definition) is 1. The molecule has 1 fully saturated rings. The molecule has 114 valence electrons. The van der Waals surface area contributed by atoms with E-state index in [0.29, 0.717) is 12.8 Å². The summed E-state index contributed by atoms with van der Waals surface area (Å²) in [5.41, 5.74) is -0.0650. The van der Waals surface area contributed by atoms with Crippen LogP contribution in [0.15, 0.2) is 29.2 Å². The second-order valence-electron chi connectivity index (χ2n) is 5.88. The van der Waals surface area contributed by atoms with Gasteiger partial charge in [0.25, 0.3) is 0 Å². The number of benzene rings is 1. The van der Waals surface area contributed by atoms with Crippen LogP contribution >= 0.6 is 0 Å². The second-order valence-corrected chi connectivity index (χ2v) is 7.57. The van der Waals surface area contributed by atoms with E-state index in [1.807, 2.05) is 13.0 Å². The first-order valence-electron chi connectivity index (χ1n) is 7.49. The third kappa shape index (κ3) is 4.05. The van der Waals surface area contributed by atoms with Gasteiger partial charge in [0, 0.05) is 0 Å². The first-order valence-corrected chi connectivity index (χ1v) is 8.98. The lowest BCUT2D eigenvalue weighted by Crippen LogP contribution is -2.47. The van der Waals surface area contributed by atoms with Gasteiger partial charge in [-0.1, -0.05) is 44.2 Å². The van der Waals surface area contributed by atoms with Gasteiger partial charge in [0.1, 0.15) is 5.54 Å². The molecule has 0 unspecified atom stereocenters. The lowest BCUT2D eigenvalue weighted by molar-refractivity contribution is 0.357. The molecular formula is C16H22N2O2S. The molecular weight excluding hydrogens is 284 g/mol. The molecule has 1 aromatic carbocycles. The van der Waals surface area contributed by atoms with Crippen molar-refractivity contribution in [2.24, 2.45) is 0 Å². The maximum atomic E-state index is 12.6. The van der Waals surface area contributed by atoms with Crippen molar-refractivity contribution in [2.75, 3.05) is 0 Å². The van der Waals surface area contributed by atoms with Gasteiger partial charge in [-0.2, -0.15) is 9.98 Å².